The number of benzene rings is 1. The topological polar surface area (TPSA) is 29.9 Å². The van der Waals surface area contributed by atoms with Crippen LogP contribution in [0.1, 0.15) is 37.4 Å². The van der Waals surface area contributed by atoms with E-state index in [-0.39, 0.29) is 0 Å². The fourth-order valence-electron chi connectivity index (χ4n) is 2.33. The summed E-state index contributed by atoms with van der Waals surface area (Å²) in [6.07, 6.45) is 4.92. The molecule has 1 aromatic carbocycles. The summed E-state index contributed by atoms with van der Waals surface area (Å²) in [5, 5.41) is 7.93. The predicted octanol–water partition coefficient (Wildman–Crippen LogP) is 3.32. The fourth-order valence-corrected chi connectivity index (χ4v) is 2.33. The molecule has 2 aromatic rings. The lowest BCUT2D eigenvalue weighted by Crippen LogP contribution is -2.33. The van der Waals surface area contributed by atoms with Crippen molar-refractivity contribution in [1.29, 1.82) is 0 Å². The monoisotopic (exact) mass is 257 g/mol. The third kappa shape index (κ3) is 3.93. The van der Waals surface area contributed by atoms with Gasteiger partial charge in [0.05, 0.1) is 6.54 Å². The third-order valence-corrected chi connectivity index (χ3v) is 3.39. The SMILES string of the molecule is CCC(NC(C)Cn1cccn1)c1ccc(C)cc1. The second-order valence-corrected chi connectivity index (χ2v) is 5.17. The molecule has 0 fully saturated rings. The van der Waals surface area contributed by atoms with Crippen LogP contribution in [0, 0.1) is 6.92 Å². The van der Waals surface area contributed by atoms with Crippen molar-refractivity contribution in [2.45, 2.75) is 45.8 Å². The summed E-state index contributed by atoms with van der Waals surface area (Å²) in [5.74, 6) is 0. The van der Waals surface area contributed by atoms with Gasteiger partial charge in [-0.05, 0) is 31.9 Å². The van der Waals surface area contributed by atoms with Crippen molar-refractivity contribution in [3.05, 3.63) is 53.9 Å². The van der Waals surface area contributed by atoms with Gasteiger partial charge in [-0.25, -0.2) is 0 Å². The third-order valence-electron chi connectivity index (χ3n) is 3.39. The van der Waals surface area contributed by atoms with Gasteiger partial charge in [-0.1, -0.05) is 36.8 Å². The molecular weight excluding hydrogens is 234 g/mol. The van der Waals surface area contributed by atoms with Gasteiger partial charge in [0.2, 0.25) is 0 Å². The lowest BCUT2D eigenvalue weighted by Gasteiger charge is -2.23. The molecule has 0 amide bonds. The molecule has 3 heteroatoms. The maximum atomic E-state index is 4.25. The van der Waals surface area contributed by atoms with Crippen molar-refractivity contribution in [2.75, 3.05) is 0 Å². The zero-order valence-electron chi connectivity index (χ0n) is 12.0. The van der Waals surface area contributed by atoms with Crippen molar-refractivity contribution in [2.24, 2.45) is 0 Å². The number of nitrogens with zero attached hydrogens (tertiary/aromatic N) is 2. The molecule has 0 aliphatic rings. The summed E-state index contributed by atoms with van der Waals surface area (Å²) < 4.78 is 1.97. The van der Waals surface area contributed by atoms with Crippen LogP contribution < -0.4 is 5.32 Å². The van der Waals surface area contributed by atoms with E-state index >= 15 is 0 Å². The van der Waals surface area contributed by atoms with Crippen LogP contribution >= 0.6 is 0 Å². The van der Waals surface area contributed by atoms with Crippen molar-refractivity contribution in [3.63, 3.8) is 0 Å². The zero-order chi connectivity index (χ0) is 13.7. The minimum absolute atomic E-state index is 0.395. The van der Waals surface area contributed by atoms with E-state index in [1.165, 1.54) is 11.1 Å². The van der Waals surface area contributed by atoms with Crippen molar-refractivity contribution in [3.8, 4) is 0 Å². The summed E-state index contributed by atoms with van der Waals surface area (Å²) in [5.41, 5.74) is 2.67. The molecular formula is C16H23N3. The highest BCUT2D eigenvalue weighted by Gasteiger charge is 2.12. The van der Waals surface area contributed by atoms with E-state index in [9.17, 15) is 0 Å². The maximum absolute atomic E-state index is 4.25. The first kappa shape index (κ1) is 13.8. The molecule has 0 saturated carbocycles. The molecule has 19 heavy (non-hydrogen) atoms. The average Bonchev–Trinajstić information content (AvgIpc) is 2.90. The molecule has 102 valence electrons. The molecule has 0 spiro atoms. The molecule has 0 radical (unpaired) electrons. The number of aromatic nitrogens is 2. The van der Waals surface area contributed by atoms with E-state index in [4.69, 9.17) is 0 Å². The van der Waals surface area contributed by atoms with Gasteiger partial charge in [0.15, 0.2) is 0 Å². The number of aryl methyl sites for hydroxylation is 1. The van der Waals surface area contributed by atoms with Gasteiger partial charge < -0.3 is 5.32 Å². The molecule has 2 unspecified atom stereocenters. The zero-order valence-corrected chi connectivity index (χ0v) is 12.0. The second kappa shape index (κ2) is 6.53. The number of hydrogen-bond acceptors (Lipinski definition) is 2. The van der Waals surface area contributed by atoms with E-state index in [1.54, 1.807) is 0 Å². The van der Waals surface area contributed by atoms with Crippen LogP contribution in [0.4, 0.5) is 0 Å². The first-order valence-corrected chi connectivity index (χ1v) is 6.99. The van der Waals surface area contributed by atoms with Crippen LogP contribution in [-0.4, -0.2) is 15.8 Å². The highest BCUT2D eigenvalue weighted by atomic mass is 15.3. The van der Waals surface area contributed by atoms with E-state index in [1.807, 2.05) is 23.1 Å². The van der Waals surface area contributed by atoms with E-state index < -0.39 is 0 Å². The standard InChI is InChI=1S/C16H23N3/c1-4-16(15-8-6-13(2)7-9-15)18-14(3)12-19-11-5-10-17-19/h5-11,14,16,18H,4,12H2,1-3H3. The van der Waals surface area contributed by atoms with Crippen molar-refractivity contribution in [1.82, 2.24) is 15.1 Å². The van der Waals surface area contributed by atoms with Crippen LogP contribution in [0.2, 0.25) is 0 Å². The van der Waals surface area contributed by atoms with Crippen LogP contribution in [0.3, 0.4) is 0 Å². The Kier molecular flexibility index (Phi) is 4.74. The van der Waals surface area contributed by atoms with E-state index in [0.717, 1.165) is 13.0 Å². The van der Waals surface area contributed by atoms with E-state index in [0.29, 0.717) is 12.1 Å². The minimum atomic E-state index is 0.395. The molecule has 0 bridgehead atoms. The van der Waals surface area contributed by atoms with E-state index in [2.05, 4.69) is 55.5 Å². The maximum Gasteiger partial charge on any atom is 0.0560 e. The van der Waals surface area contributed by atoms with Gasteiger partial charge in [-0.3, -0.25) is 4.68 Å². The molecule has 0 aliphatic heterocycles. The summed E-state index contributed by atoms with van der Waals surface area (Å²) in [6.45, 7) is 7.45. The first-order valence-electron chi connectivity index (χ1n) is 6.99. The van der Waals surface area contributed by atoms with Gasteiger partial charge in [0.1, 0.15) is 0 Å². The first-order chi connectivity index (χ1) is 9.19. The molecule has 3 nitrogen and oxygen atoms in total. The number of nitrogens with one attached hydrogen (secondary N) is 1. The predicted molar refractivity (Wildman–Crippen MR) is 79.0 cm³/mol. The molecule has 0 aliphatic carbocycles. The van der Waals surface area contributed by atoms with Crippen LogP contribution in [0.5, 0.6) is 0 Å². The molecule has 1 aromatic heterocycles. The molecule has 2 atom stereocenters. The fraction of sp³-hybridized carbons (Fsp3) is 0.438. The molecule has 2 rings (SSSR count). The summed E-state index contributed by atoms with van der Waals surface area (Å²) in [4.78, 5) is 0. The summed E-state index contributed by atoms with van der Waals surface area (Å²) >= 11 is 0. The summed E-state index contributed by atoms with van der Waals surface area (Å²) in [6, 6.07) is 11.6. The Morgan fingerprint density at radius 2 is 2.00 bits per heavy atom. The molecule has 1 N–H and O–H groups in total. The largest absolute Gasteiger partial charge is 0.306 e. The summed E-state index contributed by atoms with van der Waals surface area (Å²) in [7, 11) is 0. The lowest BCUT2D eigenvalue weighted by atomic mass is 10.0. The highest BCUT2D eigenvalue weighted by molar-refractivity contribution is 5.24. The Hall–Kier alpha value is -1.61. The molecule has 1 heterocycles. The van der Waals surface area contributed by atoms with Gasteiger partial charge in [-0.2, -0.15) is 5.10 Å². The van der Waals surface area contributed by atoms with Crippen LogP contribution in [0.25, 0.3) is 0 Å². The van der Waals surface area contributed by atoms with Gasteiger partial charge in [0.25, 0.3) is 0 Å². The highest BCUT2D eigenvalue weighted by Crippen LogP contribution is 2.18. The van der Waals surface area contributed by atoms with Crippen LogP contribution in [0.15, 0.2) is 42.7 Å². The Bertz CT molecular complexity index is 473. The Morgan fingerprint density at radius 1 is 1.26 bits per heavy atom. The van der Waals surface area contributed by atoms with Gasteiger partial charge >= 0.3 is 0 Å². The average molecular weight is 257 g/mol. The van der Waals surface area contributed by atoms with Crippen LogP contribution in [-0.2, 0) is 6.54 Å². The number of rotatable bonds is 6. The number of hydrogen-bond donors (Lipinski definition) is 1. The quantitative estimate of drug-likeness (QED) is 0.860. The smallest absolute Gasteiger partial charge is 0.0560 e. The Balaban J connectivity index is 1.96. The minimum Gasteiger partial charge on any atom is -0.306 e. The Morgan fingerprint density at radius 3 is 2.58 bits per heavy atom. The molecule has 0 saturated heterocycles. The normalized spacial score (nSPS) is 14.3. The second-order valence-electron chi connectivity index (χ2n) is 5.17. The Labute approximate surface area is 115 Å². The van der Waals surface area contributed by atoms with Crippen molar-refractivity contribution < 1.29 is 0 Å². The van der Waals surface area contributed by atoms with Gasteiger partial charge in [0, 0.05) is 24.5 Å². The van der Waals surface area contributed by atoms with Gasteiger partial charge in [-0.15, -0.1) is 0 Å². The lowest BCUT2D eigenvalue weighted by molar-refractivity contribution is 0.393. The van der Waals surface area contributed by atoms with Crippen molar-refractivity contribution >= 4 is 0 Å².